The minimum atomic E-state index is 0.907. The van der Waals surface area contributed by atoms with E-state index in [1.54, 1.807) is 11.3 Å². The summed E-state index contributed by atoms with van der Waals surface area (Å²) in [5.41, 5.74) is 2.21. The lowest BCUT2D eigenvalue weighted by Crippen LogP contribution is -2.23. The molecule has 0 saturated carbocycles. The van der Waals surface area contributed by atoms with Gasteiger partial charge < -0.3 is 4.90 Å². The summed E-state index contributed by atoms with van der Waals surface area (Å²) in [6.45, 7) is 4.43. The normalized spacial score (nSPS) is 16.2. The molecular weight excluding hydrogens is 292 g/mol. The number of hydrogen-bond donors (Lipinski definition) is 0. The van der Waals surface area contributed by atoms with Crippen LogP contribution in [0.2, 0.25) is 0 Å². The third-order valence-corrected chi connectivity index (χ3v) is 4.98. The van der Waals surface area contributed by atoms with Gasteiger partial charge >= 0.3 is 5.13 Å². The maximum atomic E-state index is 4.35. The topological polar surface area (TPSA) is 31.8 Å². The third-order valence-electron chi connectivity index (χ3n) is 4.00. The van der Waals surface area contributed by atoms with Crippen molar-refractivity contribution in [2.75, 3.05) is 18.0 Å². The average Bonchev–Trinajstić information content (AvgIpc) is 2.72. The highest BCUT2D eigenvalue weighted by atomic mass is 32.1. The molecule has 0 radical (unpaired) electrons. The Kier molecular flexibility index (Phi) is 4.83. The predicted octanol–water partition coefficient (Wildman–Crippen LogP) is 4.68. The number of benzene rings is 1. The van der Waals surface area contributed by atoms with Crippen LogP contribution in [-0.2, 0) is 7.05 Å². The van der Waals surface area contributed by atoms with Gasteiger partial charge in [-0.05, 0) is 60.5 Å². The standard InChI is InChI=1S/C17H23N4S/c1-14-13-20(2)17(22-14)19-18-15-7-9-16(10-8-15)21-11-5-3-4-6-12-21/h7-10,13H,3-6,11-12H2,1-2H3/q+1. The molecule has 2 aromatic rings. The van der Waals surface area contributed by atoms with Gasteiger partial charge in [0.1, 0.15) is 11.9 Å². The molecule has 1 aromatic carbocycles. The number of hydrogen-bond acceptors (Lipinski definition) is 4. The molecule has 0 amide bonds. The van der Waals surface area contributed by atoms with E-state index in [1.165, 1.54) is 49.3 Å². The largest absolute Gasteiger partial charge is 0.408 e. The van der Waals surface area contributed by atoms with Crippen molar-refractivity contribution in [1.29, 1.82) is 0 Å². The highest BCUT2D eigenvalue weighted by Gasteiger charge is 2.12. The van der Waals surface area contributed by atoms with Crippen molar-refractivity contribution in [2.45, 2.75) is 32.6 Å². The summed E-state index contributed by atoms with van der Waals surface area (Å²) in [7, 11) is 2.00. The summed E-state index contributed by atoms with van der Waals surface area (Å²) in [5, 5.41) is 9.62. The second kappa shape index (κ2) is 7.01. The van der Waals surface area contributed by atoms with Crippen molar-refractivity contribution in [3.8, 4) is 0 Å². The first-order valence-electron chi connectivity index (χ1n) is 7.95. The van der Waals surface area contributed by atoms with Crippen LogP contribution in [0.5, 0.6) is 0 Å². The van der Waals surface area contributed by atoms with E-state index in [1.807, 2.05) is 11.6 Å². The van der Waals surface area contributed by atoms with Gasteiger partial charge in [-0.2, -0.15) is 0 Å². The summed E-state index contributed by atoms with van der Waals surface area (Å²) >= 11 is 1.66. The number of anilines is 1. The number of aryl methyl sites for hydroxylation is 2. The maximum Gasteiger partial charge on any atom is 0.408 e. The summed E-state index contributed by atoms with van der Waals surface area (Å²) < 4.78 is 2.01. The minimum Gasteiger partial charge on any atom is -0.372 e. The quantitative estimate of drug-likeness (QED) is 0.598. The average molecular weight is 315 g/mol. The van der Waals surface area contributed by atoms with Crippen LogP contribution in [-0.4, -0.2) is 13.1 Å². The Morgan fingerprint density at radius 2 is 1.68 bits per heavy atom. The number of aromatic nitrogens is 1. The molecule has 0 spiro atoms. The summed E-state index contributed by atoms with van der Waals surface area (Å²) in [6, 6.07) is 8.45. The van der Waals surface area contributed by atoms with Crippen molar-refractivity contribution < 1.29 is 4.57 Å². The Morgan fingerprint density at radius 3 is 2.27 bits per heavy atom. The molecule has 0 N–H and O–H groups in total. The molecule has 1 aliphatic rings. The van der Waals surface area contributed by atoms with Crippen LogP contribution in [0.25, 0.3) is 0 Å². The molecule has 5 heteroatoms. The highest BCUT2D eigenvalue weighted by molar-refractivity contribution is 7.14. The number of azo groups is 1. The number of thiazole rings is 1. The fourth-order valence-corrected chi connectivity index (χ4v) is 3.60. The minimum absolute atomic E-state index is 0.907. The fourth-order valence-electron chi connectivity index (χ4n) is 2.82. The summed E-state index contributed by atoms with van der Waals surface area (Å²) in [4.78, 5) is 3.73. The zero-order valence-corrected chi connectivity index (χ0v) is 14.1. The van der Waals surface area contributed by atoms with E-state index >= 15 is 0 Å². The van der Waals surface area contributed by atoms with Gasteiger partial charge in [-0.25, -0.2) is 4.57 Å². The SMILES string of the molecule is Cc1c[n+](C)c(/N=N/c2ccc(N3CCCCCC3)cc2)s1. The second-order valence-corrected chi connectivity index (χ2v) is 7.07. The Labute approximate surface area is 136 Å². The van der Waals surface area contributed by atoms with E-state index in [9.17, 15) is 0 Å². The van der Waals surface area contributed by atoms with Gasteiger partial charge in [0.05, 0.1) is 12.2 Å². The van der Waals surface area contributed by atoms with Crippen molar-refractivity contribution in [2.24, 2.45) is 17.3 Å². The lowest BCUT2D eigenvalue weighted by atomic mass is 10.2. The van der Waals surface area contributed by atoms with Gasteiger partial charge in [0.2, 0.25) is 0 Å². The monoisotopic (exact) mass is 315 g/mol. The van der Waals surface area contributed by atoms with Crippen LogP contribution in [0.3, 0.4) is 0 Å². The van der Waals surface area contributed by atoms with E-state index < -0.39 is 0 Å². The van der Waals surface area contributed by atoms with Gasteiger partial charge in [-0.3, -0.25) is 0 Å². The smallest absolute Gasteiger partial charge is 0.372 e. The Morgan fingerprint density at radius 1 is 1.00 bits per heavy atom. The molecule has 0 bridgehead atoms. The van der Waals surface area contributed by atoms with Crippen LogP contribution >= 0.6 is 11.3 Å². The van der Waals surface area contributed by atoms with Crippen molar-refractivity contribution >= 4 is 27.8 Å². The highest BCUT2D eigenvalue weighted by Crippen LogP contribution is 2.25. The van der Waals surface area contributed by atoms with E-state index in [4.69, 9.17) is 0 Å². The van der Waals surface area contributed by atoms with Crippen LogP contribution in [0.1, 0.15) is 30.6 Å². The molecule has 0 aliphatic carbocycles. The fraction of sp³-hybridized carbons (Fsp3) is 0.471. The second-order valence-electron chi connectivity index (χ2n) is 5.85. The molecule has 1 aliphatic heterocycles. The third kappa shape index (κ3) is 3.71. The molecule has 116 valence electrons. The summed E-state index contributed by atoms with van der Waals surface area (Å²) in [6.07, 6.45) is 7.40. The zero-order chi connectivity index (χ0) is 15.4. The van der Waals surface area contributed by atoms with Crippen molar-refractivity contribution in [3.63, 3.8) is 0 Å². The van der Waals surface area contributed by atoms with E-state index in [2.05, 4.69) is 52.5 Å². The van der Waals surface area contributed by atoms with E-state index in [-0.39, 0.29) is 0 Å². The lowest BCUT2D eigenvalue weighted by molar-refractivity contribution is -0.654. The molecule has 1 aromatic heterocycles. The van der Waals surface area contributed by atoms with Crippen molar-refractivity contribution in [1.82, 2.24) is 0 Å². The molecule has 1 fully saturated rings. The molecule has 2 heterocycles. The Balaban J connectivity index is 1.69. The van der Waals surface area contributed by atoms with Crippen LogP contribution in [0.15, 0.2) is 40.7 Å². The molecule has 0 atom stereocenters. The van der Waals surface area contributed by atoms with Crippen LogP contribution < -0.4 is 9.47 Å². The van der Waals surface area contributed by atoms with Gasteiger partial charge in [0.15, 0.2) is 0 Å². The molecular formula is C17H23N4S+. The van der Waals surface area contributed by atoms with Gasteiger partial charge in [-0.1, -0.05) is 12.8 Å². The molecule has 0 unspecified atom stereocenters. The van der Waals surface area contributed by atoms with Crippen LogP contribution in [0, 0.1) is 6.92 Å². The predicted molar refractivity (Wildman–Crippen MR) is 91.5 cm³/mol. The van der Waals surface area contributed by atoms with Gasteiger partial charge in [0.25, 0.3) is 0 Å². The summed E-state index contributed by atoms with van der Waals surface area (Å²) in [5.74, 6) is 0. The van der Waals surface area contributed by atoms with Crippen molar-refractivity contribution in [3.05, 3.63) is 35.3 Å². The number of rotatable bonds is 3. The Bertz CT molecular complexity index is 637. The molecule has 4 nitrogen and oxygen atoms in total. The maximum absolute atomic E-state index is 4.35. The zero-order valence-electron chi connectivity index (χ0n) is 13.3. The molecule has 3 rings (SSSR count). The molecule has 1 saturated heterocycles. The van der Waals surface area contributed by atoms with Crippen LogP contribution in [0.4, 0.5) is 16.5 Å². The Hall–Kier alpha value is -1.75. The number of nitrogens with zero attached hydrogens (tertiary/aromatic N) is 4. The van der Waals surface area contributed by atoms with Gasteiger partial charge in [-0.15, -0.1) is 0 Å². The van der Waals surface area contributed by atoms with E-state index in [0.717, 1.165) is 10.8 Å². The molecule has 22 heavy (non-hydrogen) atoms. The van der Waals surface area contributed by atoms with Gasteiger partial charge in [0, 0.05) is 23.7 Å². The first-order valence-corrected chi connectivity index (χ1v) is 8.77. The first kappa shape index (κ1) is 15.2. The first-order chi connectivity index (χ1) is 10.7. The lowest BCUT2D eigenvalue weighted by Gasteiger charge is -2.22. The van der Waals surface area contributed by atoms with E-state index in [0.29, 0.717) is 0 Å².